The standard InChI is InChI=1S/C14H23N5O2S/c1-6-19(7-2)8-9-22-13-15-10-11(16(13)3)17(4)14(21)18(5)12(10)20/h6-9H2,1-5H3. The second-order valence-corrected chi connectivity index (χ2v) is 6.27. The van der Waals surface area contributed by atoms with Crippen molar-refractivity contribution < 1.29 is 0 Å². The van der Waals surface area contributed by atoms with Crippen molar-refractivity contribution in [1.29, 1.82) is 0 Å². The quantitative estimate of drug-likeness (QED) is 0.720. The lowest BCUT2D eigenvalue weighted by atomic mass is 10.5. The molecule has 0 aliphatic heterocycles. The number of aromatic nitrogens is 4. The molecule has 0 aliphatic carbocycles. The molecule has 2 heterocycles. The van der Waals surface area contributed by atoms with Gasteiger partial charge in [-0.3, -0.25) is 13.9 Å². The van der Waals surface area contributed by atoms with Gasteiger partial charge in [0, 0.05) is 33.4 Å². The van der Waals surface area contributed by atoms with Crippen LogP contribution in [0.1, 0.15) is 13.8 Å². The molecule has 0 saturated carbocycles. The first-order valence-electron chi connectivity index (χ1n) is 7.39. The zero-order valence-corrected chi connectivity index (χ0v) is 14.6. The van der Waals surface area contributed by atoms with Gasteiger partial charge in [0.2, 0.25) is 0 Å². The minimum absolute atomic E-state index is 0.333. The van der Waals surface area contributed by atoms with E-state index in [0.29, 0.717) is 11.2 Å². The van der Waals surface area contributed by atoms with Crippen molar-refractivity contribution in [2.45, 2.75) is 19.0 Å². The first-order valence-corrected chi connectivity index (χ1v) is 8.38. The van der Waals surface area contributed by atoms with Gasteiger partial charge in [-0.25, -0.2) is 9.78 Å². The fourth-order valence-electron chi connectivity index (χ4n) is 2.49. The lowest BCUT2D eigenvalue weighted by Gasteiger charge is -2.17. The monoisotopic (exact) mass is 325 g/mol. The fourth-order valence-corrected chi connectivity index (χ4v) is 3.46. The predicted molar refractivity (Wildman–Crippen MR) is 89.7 cm³/mol. The smallest absolute Gasteiger partial charge is 0.308 e. The van der Waals surface area contributed by atoms with Gasteiger partial charge in [0.25, 0.3) is 5.56 Å². The van der Waals surface area contributed by atoms with Crippen molar-refractivity contribution in [3.05, 3.63) is 20.8 Å². The van der Waals surface area contributed by atoms with E-state index in [-0.39, 0.29) is 11.2 Å². The van der Waals surface area contributed by atoms with Gasteiger partial charge in [-0.05, 0) is 13.1 Å². The highest BCUT2D eigenvalue weighted by Crippen LogP contribution is 2.20. The third kappa shape index (κ3) is 2.85. The van der Waals surface area contributed by atoms with Crippen LogP contribution in [0.2, 0.25) is 0 Å². The number of imidazole rings is 1. The Labute approximate surface area is 133 Å². The lowest BCUT2D eigenvalue weighted by molar-refractivity contribution is 0.324. The molecule has 0 saturated heterocycles. The second-order valence-electron chi connectivity index (χ2n) is 5.21. The Morgan fingerprint density at radius 3 is 2.27 bits per heavy atom. The molecule has 122 valence electrons. The summed E-state index contributed by atoms with van der Waals surface area (Å²) in [7, 11) is 4.98. The van der Waals surface area contributed by atoms with E-state index >= 15 is 0 Å². The first kappa shape index (κ1) is 16.8. The average Bonchev–Trinajstić information content (AvgIpc) is 2.84. The molecule has 0 spiro atoms. The summed E-state index contributed by atoms with van der Waals surface area (Å²) < 4.78 is 4.39. The summed E-state index contributed by atoms with van der Waals surface area (Å²) in [6.07, 6.45) is 0. The van der Waals surface area contributed by atoms with Gasteiger partial charge >= 0.3 is 5.69 Å². The van der Waals surface area contributed by atoms with Crippen LogP contribution in [0.3, 0.4) is 0 Å². The van der Waals surface area contributed by atoms with Crippen LogP contribution in [0.4, 0.5) is 0 Å². The van der Waals surface area contributed by atoms with E-state index in [0.717, 1.165) is 35.1 Å². The zero-order valence-electron chi connectivity index (χ0n) is 13.8. The molecule has 2 aromatic rings. The molecule has 0 unspecified atom stereocenters. The molecule has 0 fully saturated rings. The Kier molecular flexibility index (Phi) is 5.12. The van der Waals surface area contributed by atoms with Crippen LogP contribution in [0.25, 0.3) is 11.2 Å². The molecule has 0 N–H and O–H groups in total. The van der Waals surface area contributed by atoms with Gasteiger partial charge in [-0.2, -0.15) is 0 Å². The Hall–Kier alpha value is -1.54. The van der Waals surface area contributed by atoms with Crippen molar-refractivity contribution in [2.75, 3.05) is 25.4 Å². The van der Waals surface area contributed by atoms with Crippen molar-refractivity contribution in [3.63, 3.8) is 0 Å². The van der Waals surface area contributed by atoms with E-state index in [2.05, 4.69) is 23.7 Å². The Bertz CT molecular complexity index is 785. The van der Waals surface area contributed by atoms with Crippen LogP contribution >= 0.6 is 11.8 Å². The molecule has 8 heteroatoms. The summed E-state index contributed by atoms with van der Waals surface area (Å²) in [4.78, 5) is 31.0. The topological polar surface area (TPSA) is 65.1 Å². The SMILES string of the molecule is CCN(CC)CCSc1nc2c(=O)n(C)c(=O)n(C)c2n1C. The minimum Gasteiger partial charge on any atom is -0.308 e. The minimum atomic E-state index is -0.343. The van der Waals surface area contributed by atoms with Crippen LogP contribution in [-0.2, 0) is 21.1 Å². The molecule has 2 rings (SSSR count). The summed E-state index contributed by atoms with van der Waals surface area (Å²) >= 11 is 1.61. The highest BCUT2D eigenvalue weighted by atomic mass is 32.2. The molecular formula is C14H23N5O2S. The van der Waals surface area contributed by atoms with Crippen LogP contribution in [0.5, 0.6) is 0 Å². The largest absolute Gasteiger partial charge is 0.332 e. The number of aryl methyl sites for hydroxylation is 2. The van der Waals surface area contributed by atoms with E-state index in [4.69, 9.17) is 0 Å². The zero-order chi connectivity index (χ0) is 16.4. The van der Waals surface area contributed by atoms with Gasteiger partial charge in [0.05, 0.1) is 0 Å². The lowest BCUT2D eigenvalue weighted by Crippen LogP contribution is -2.37. The van der Waals surface area contributed by atoms with Gasteiger partial charge in [0.1, 0.15) is 0 Å². The summed E-state index contributed by atoms with van der Waals surface area (Å²) in [5.41, 5.74) is 0.236. The van der Waals surface area contributed by atoms with E-state index in [9.17, 15) is 9.59 Å². The summed E-state index contributed by atoms with van der Waals surface area (Å²) in [5, 5.41) is 0.764. The van der Waals surface area contributed by atoms with E-state index in [1.165, 1.54) is 11.6 Å². The van der Waals surface area contributed by atoms with E-state index in [1.54, 1.807) is 18.8 Å². The normalized spacial score (nSPS) is 11.7. The first-order chi connectivity index (χ1) is 10.4. The maximum atomic E-state index is 12.2. The van der Waals surface area contributed by atoms with Gasteiger partial charge in [-0.15, -0.1) is 0 Å². The maximum absolute atomic E-state index is 12.2. The summed E-state index contributed by atoms with van der Waals surface area (Å²) in [6, 6.07) is 0. The third-order valence-electron chi connectivity index (χ3n) is 3.96. The highest BCUT2D eigenvalue weighted by molar-refractivity contribution is 7.99. The molecule has 0 atom stereocenters. The van der Waals surface area contributed by atoms with Gasteiger partial charge < -0.3 is 9.47 Å². The van der Waals surface area contributed by atoms with Crippen LogP contribution in [-0.4, -0.2) is 49.0 Å². The van der Waals surface area contributed by atoms with Crippen molar-refractivity contribution in [1.82, 2.24) is 23.6 Å². The van der Waals surface area contributed by atoms with E-state index < -0.39 is 0 Å². The number of fused-ring (bicyclic) bond motifs is 1. The third-order valence-corrected chi connectivity index (χ3v) is 4.97. The highest BCUT2D eigenvalue weighted by Gasteiger charge is 2.17. The molecule has 0 amide bonds. The number of hydrogen-bond donors (Lipinski definition) is 0. The van der Waals surface area contributed by atoms with Gasteiger partial charge in [-0.1, -0.05) is 25.6 Å². The van der Waals surface area contributed by atoms with Crippen molar-refractivity contribution in [3.8, 4) is 0 Å². The molecule has 0 aromatic carbocycles. The molecule has 2 aromatic heterocycles. The second kappa shape index (κ2) is 6.70. The number of hydrogen-bond acceptors (Lipinski definition) is 5. The van der Waals surface area contributed by atoms with Crippen LogP contribution < -0.4 is 11.2 Å². The number of rotatable bonds is 6. The summed E-state index contributed by atoms with van der Waals surface area (Å²) in [5.74, 6) is 0.896. The summed E-state index contributed by atoms with van der Waals surface area (Å²) in [6.45, 7) is 7.30. The molecule has 0 bridgehead atoms. The van der Waals surface area contributed by atoms with Crippen molar-refractivity contribution in [2.24, 2.45) is 21.1 Å². The Morgan fingerprint density at radius 2 is 1.68 bits per heavy atom. The molecule has 22 heavy (non-hydrogen) atoms. The number of thioether (sulfide) groups is 1. The molecule has 0 radical (unpaired) electrons. The Morgan fingerprint density at radius 1 is 1.05 bits per heavy atom. The molecular weight excluding hydrogens is 302 g/mol. The fraction of sp³-hybridized carbons (Fsp3) is 0.643. The molecule has 0 aliphatic rings. The number of nitrogens with zero attached hydrogens (tertiary/aromatic N) is 5. The van der Waals surface area contributed by atoms with Crippen molar-refractivity contribution >= 4 is 22.9 Å². The molecule has 7 nitrogen and oxygen atoms in total. The van der Waals surface area contributed by atoms with Crippen LogP contribution in [0.15, 0.2) is 14.7 Å². The maximum Gasteiger partial charge on any atom is 0.332 e. The Balaban J connectivity index is 2.36. The predicted octanol–water partition coefficient (Wildman–Crippen LogP) is 0.405. The average molecular weight is 325 g/mol. The van der Waals surface area contributed by atoms with Crippen LogP contribution in [0, 0.1) is 0 Å². The van der Waals surface area contributed by atoms with E-state index in [1.807, 2.05) is 11.6 Å². The van der Waals surface area contributed by atoms with Gasteiger partial charge in [0.15, 0.2) is 16.3 Å².